The van der Waals surface area contributed by atoms with Crippen molar-refractivity contribution in [2.75, 3.05) is 0 Å². The fourth-order valence-corrected chi connectivity index (χ4v) is 5.38. The van der Waals surface area contributed by atoms with E-state index in [2.05, 4.69) is 25.2 Å². The summed E-state index contributed by atoms with van der Waals surface area (Å²) in [6.07, 6.45) is 17.0. The molecule has 0 radical (unpaired) electrons. The quantitative estimate of drug-likeness (QED) is 0.279. The van der Waals surface area contributed by atoms with Crippen LogP contribution in [-0.2, 0) is 19.1 Å². The minimum atomic E-state index is -0.742. The van der Waals surface area contributed by atoms with Gasteiger partial charge in [-0.05, 0) is 38.2 Å². The lowest BCUT2D eigenvalue weighted by Gasteiger charge is -2.31. The average molecular weight is 389 g/mol. The highest BCUT2D eigenvalue weighted by molar-refractivity contribution is 5.94. The van der Waals surface area contributed by atoms with Gasteiger partial charge in [0.25, 0.3) is 0 Å². The lowest BCUT2D eigenvalue weighted by molar-refractivity contribution is -0.137. The van der Waals surface area contributed by atoms with Gasteiger partial charge in [-0.3, -0.25) is 9.59 Å². The van der Waals surface area contributed by atoms with Gasteiger partial charge in [0.15, 0.2) is 5.78 Å². The van der Waals surface area contributed by atoms with Gasteiger partial charge < -0.3 is 14.6 Å². The Kier molecular flexibility index (Phi) is 5.75. The summed E-state index contributed by atoms with van der Waals surface area (Å²) in [5.74, 6) is 0.0980. The number of allylic oxidation sites excluding steroid dienone is 3. The van der Waals surface area contributed by atoms with Gasteiger partial charge in [0.2, 0.25) is 0 Å². The third-order valence-corrected chi connectivity index (χ3v) is 7.18. The van der Waals surface area contributed by atoms with Gasteiger partial charge in [0.05, 0.1) is 12.2 Å². The molecule has 4 rings (SSSR count). The first-order valence-corrected chi connectivity index (χ1v) is 10.9. The van der Waals surface area contributed by atoms with Crippen LogP contribution in [0.3, 0.4) is 0 Å². The van der Waals surface area contributed by atoms with Crippen molar-refractivity contribution in [3.05, 3.63) is 24.3 Å². The zero-order chi connectivity index (χ0) is 19.7. The van der Waals surface area contributed by atoms with Crippen molar-refractivity contribution in [3.63, 3.8) is 0 Å². The van der Waals surface area contributed by atoms with Crippen LogP contribution in [0.25, 0.3) is 0 Å². The molecule has 1 N–H and O–H groups in total. The molecule has 1 aliphatic carbocycles. The van der Waals surface area contributed by atoms with Crippen LogP contribution < -0.4 is 0 Å². The Hall–Kier alpha value is -1.46. The molecule has 1 saturated carbocycles. The van der Waals surface area contributed by atoms with Crippen LogP contribution in [0.2, 0.25) is 0 Å². The fourth-order valence-electron chi connectivity index (χ4n) is 5.38. The number of hydrogen-bond donors (Lipinski definition) is 1. The molecule has 0 unspecified atom stereocenters. The number of ether oxygens (including phenoxy) is 2. The number of unbranched alkanes of at least 4 members (excludes halogenated alkanes) is 1. The first kappa shape index (κ1) is 19.8. The second kappa shape index (κ2) is 8.11. The zero-order valence-corrected chi connectivity index (χ0v) is 16.7. The van der Waals surface area contributed by atoms with Crippen molar-refractivity contribution >= 4 is 11.8 Å². The summed E-state index contributed by atoms with van der Waals surface area (Å²) in [7, 11) is 0. The third kappa shape index (κ3) is 3.97. The maximum atomic E-state index is 12.8. The molecule has 0 aromatic heterocycles. The van der Waals surface area contributed by atoms with Gasteiger partial charge in [-0.1, -0.05) is 44.4 Å². The Bertz CT molecular complexity index is 660. The van der Waals surface area contributed by atoms with Crippen LogP contribution in [0.5, 0.6) is 0 Å². The minimum absolute atomic E-state index is 0.0867. The van der Waals surface area contributed by atoms with E-state index in [4.69, 9.17) is 14.6 Å². The molecular weight excluding hydrogens is 356 g/mol. The number of rotatable bonds is 9. The summed E-state index contributed by atoms with van der Waals surface area (Å²) in [5, 5.41) is 8.71. The first-order valence-electron chi connectivity index (χ1n) is 10.9. The largest absolute Gasteiger partial charge is 0.481 e. The zero-order valence-electron chi connectivity index (χ0n) is 16.7. The summed E-state index contributed by atoms with van der Waals surface area (Å²) in [5.41, 5.74) is -0.189. The van der Waals surface area contributed by atoms with E-state index in [9.17, 15) is 9.59 Å². The van der Waals surface area contributed by atoms with E-state index in [1.54, 1.807) is 0 Å². The van der Waals surface area contributed by atoms with Crippen molar-refractivity contribution in [1.82, 2.24) is 0 Å². The van der Waals surface area contributed by atoms with Gasteiger partial charge in [0.1, 0.15) is 12.2 Å². The van der Waals surface area contributed by atoms with Gasteiger partial charge >= 0.3 is 5.97 Å². The summed E-state index contributed by atoms with van der Waals surface area (Å²) in [6, 6.07) is 0. The number of ketones is 1. The number of hydrogen-bond acceptors (Lipinski definition) is 4. The molecule has 4 fully saturated rings. The number of carboxylic acids is 1. The molecule has 5 nitrogen and oxygen atoms in total. The molecular formula is C23H32O5. The van der Waals surface area contributed by atoms with Gasteiger partial charge in [0, 0.05) is 23.7 Å². The van der Waals surface area contributed by atoms with Crippen LogP contribution in [0.4, 0.5) is 0 Å². The Morgan fingerprint density at radius 2 is 1.75 bits per heavy atom. The SMILES string of the molecule is CC1(C(=O)C=C[C@@H]2[C@H](CC=CCCCC(=O)O)[C@H]3O[C@@H]2[C@H]2O[C@H]23)CCCCC1. The van der Waals surface area contributed by atoms with Crippen LogP contribution >= 0.6 is 0 Å². The summed E-state index contributed by atoms with van der Waals surface area (Å²) < 4.78 is 12.0. The third-order valence-electron chi connectivity index (χ3n) is 7.18. The molecule has 3 aliphatic heterocycles. The highest BCUT2D eigenvalue weighted by Crippen LogP contribution is 2.55. The van der Waals surface area contributed by atoms with Crippen LogP contribution in [0.15, 0.2) is 24.3 Å². The fraction of sp³-hybridized carbons (Fsp3) is 0.739. The number of fused-ring (bicyclic) bond motifs is 5. The predicted molar refractivity (Wildman–Crippen MR) is 105 cm³/mol. The Morgan fingerprint density at radius 1 is 1.04 bits per heavy atom. The molecule has 3 saturated heterocycles. The molecule has 2 bridgehead atoms. The molecule has 3 heterocycles. The standard InChI is InChI=1S/C23H32O5/c1-23(13-7-4-8-14-23)17(24)12-11-16-15(9-5-2-3-6-10-18(25)26)19-21-22(28-21)20(16)27-19/h2,5,11-12,15-16,19-22H,3-4,6-10,13-14H2,1H3,(H,25,26)/t15-,16+,19+,20-,21-,22+/m0/s1. The first-order chi connectivity index (χ1) is 13.5. The number of aliphatic carboxylic acids is 1. The van der Waals surface area contributed by atoms with Crippen molar-refractivity contribution in [2.24, 2.45) is 17.3 Å². The topological polar surface area (TPSA) is 76.1 Å². The molecule has 0 aromatic carbocycles. The van der Waals surface area contributed by atoms with E-state index in [0.717, 1.165) is 38.5 Å². The second-order valence-corrected chi connectivity index (χ2v) is 9.21. The lowest BCUT2D eigenvalue weighted by Crippen LogP contribution is -2.32. The van der Waals surface area contributed by atoms with E-state index in [0.29, 0.717) is 12.3 Å². The Morgan fingerprint density at radius 3 is 2.50 bits per heavy atom. The Labute approximate surface area is 167 Å². The van der Waals surface area contributed by atoms with Crippen LogP contribution in [0.1, 0.15) is 64.7 Å². The Balaban J connectivity index is 1.35. The second-order valence-electron chi connectivity index (χ2n) is 9.21. The molecule has 154 valence electrons. The predicted octanol–water partition coefficient (Wildman–Crippen LogP) is 4.06. The van der Waals surface area contributed by atoms with Crippen molar-refractivity contribution in [2.45, 2.75) is 89.1 Å². The summed E-state index contributed by atoms with van der Waals surface area (Å²) in [4.78, 5) is 23.4. The summed E-state index contributed by atoms with van der Waals surface area (Å²) >= 11 is 0. The van der Waals surface area contributed by atoms with E-state index in [1.807, 2.05) is 6.08 Å². The molecule has 0 aromatic rings. The minimum Gasteiger partial charge on any atom is -0.481 e. The highest BCUT2D eigenvalue weighted by atomic mass is 16.7. The van der Waals surface area contributed by atoms with E-state index < -0.39 is 5.97 Å². The smallest absolute Gasteiger partial charge is 0.303 e. The van der Waals surface area contributed by atoms with Crippen molar-refractivity contribution < 1.29 is 24.2 Å². The maximum Gasteiger partial charge on any atom is 0.303 e. The molecule has 0 amide bonds. The normalized spacial score (nSPS) is 38.2. The molecule has 6 atom stereocenters. The number of carbonyl (C=O) groups excluding carboxylic acids is 1. The molecule has 5 heteroatoms. The van der Waals surface area contributed by atoms with Crippen molar-refractivity contribution in [1.29, 1.82) is 0 Å². The van der Waals surface area contributed by atoms with Crippen LogP contribution in [0, 0.1) is 17.3 Å². The number of carboxylic acid groups (broad SMARTS) is 1. The van der Waals surface area contributed by atoms with Gasteiger partial charge in [-0.25, -0.2) is 0 Å². The van der Waals surface area contributed by atoms with Gasteiger partial charge in [-0.15, -0.1) is 0 Å². The maximum absolute atomic E-state index is 12.8. The van der Waals surface area contributed by atoms with Gasteiger partial charge in [-0.2, -0.15) is 0 Å². The van der Waals surface area contributed by atoms with Crippen molar-refractivity contribution in [3.8, 4) is 0 Å². The van der Waals surface area contributed by atoms with E-state index in [1.165, 1.54) is 6.42 Å². The molecule has 0 spiro atoms. The number of carbonyl (C=O) groups is 2. The molecule has 28 heavy (non-hydrogen) atoms. The monoisotopic (exact) mass is 388 g/mol. The number of epoxide rings is 1. The van der Waals surface area contributed by atoms with E-state index >= 15 is 0 Å². The van der Waals surface area contributed by atoms with E-state index in [-0.39, 0.29) is 48.0 Å². The van der Waals surface area contributed by atoms with Crippen LogP contribution in [-0.4, -0.2) is 41.3 Å². The highest BCUT2D eigenvalue weighted by Gasteiger charge is 2.68. The average Bonchev–Trinajstić information content (AvgIpc) is 3.30. The summed E-state index contributed by atoms with van der Waals surface area (Å²) in [6.45, 7) is 2.12. The molecule has 4 aliphatic rings. The lowest BCUT2D eigenvalue weighted by atomic mass is 9.72.